The van der Waals surface area contributed by atoms with Gasteiger partial charge in [0.05, 0.1) is 0 Å². The fraction of sp³-hybridized carbons (Fsp3) is 0.0400. The second kappa shape index (κ2) is 6.12. The maximum atomic E-state index is 2.36. The highest BCUT2D eigenvalue weighted by atomic mass is 32.1. The molecule has 0 bridgehead atoms. The first-order valence-electron chi connectivity index (χ1n) is 8.87. The molecule has 124 valence electrons. The Kier molecular flexibility index (Phi) is 3.62. The van der Waals surface area contributed by atoms with Gasteiger partial charge in [-0.05, 0) is 52.9 Å². The Hall–Kier alpha value is -2.90. The molecule has 0 aliphatic heterocycles. The van der Waals surface area contributed by atoms with Gasteiger partial charge in [0.1, 0.15) is 0 Å². The Balaban J connectivity index is 1.64. The number of thiophene rings is 1. The first-order valence-corrected chi connectivity index (χ1v) is 9.69. The van der Waals surface area contributed by atoms with Gasteiger partial charge < -0.3 is 0 Å². The predicted molar refractivity (Wildman–Crippen MR) is 115 cm³/mol. The Morgan fingerprint density at radius 2 is 1.19 bits per heavy atom. The second-order valence-corrected chi connectivity index (χ2v) is 7.79. The van der Waals surface area contributed by atoms with E-state index in [1.54, 1.807) is 0 Å². The molecule has 0 N–H and O–H groups in total. The predicted octanol–water partition coefficient (Wildman–Crippen LogP) is 7.70. The van der Waals surface area contributed by atoms with Crippen molar-refractivity contribution < 1.29 is 0 Å². The normalized spacial score (nSPS) is 11.3. The third kappa shape index (κ3) is 2.53. The Bertz CT molecular complexity index is 1210. The molecule has 0 saturated heterocycles. The zero-order valence-electron chi connectivity index (χ0n) is 14.6. The smallest absolute Gasteiger partial charge is 0.0358 e. The highest BCUT2D eigenvalue weighted by Crippen LogP contribution is 2.38. The average molecular weight is 350 g/mol. The third-order valence-corrected chi connectivity index (χ3v) is 6.16. The summed E-state index contributed by atoms with van der Waals surface area (Å²) in [7, 11) is 0. The monoisotopic (exact) mass is 350 g/mol. The van der Waals surface area contributed by atoms with Crippen LogP contribution in [0.5, 0.6) is 0 Å². The van der Waals surface area contributed by atoms with E-state index >= 15 is 0 Å². The maximum Gasteiger partial charge on any atom is 0.0358 e. The molecule has 0 nitrogen and oxygen atoms in total. The molecule has 0 atom stereocenters. The first kappa shape index (κ1) is 15.4. The summed E-state index contributed by atoms with van der Waals surface area (Å²) >= 11 is 1.88. The van der Waals surface area contributed by atoms with Crippen LogP contribution in [0.25, 0.3) is 42.4 Å². The molecule has 0 fully saturated rings. The molecular formula is C25H18S. The minimum atomic E-state index is 1.26. The van der Waals surface area contributed by atoms with Crippen molar-refractivity contribution in [2.24, 2.45) is 0 Å². The van der Waals surface area contributed by atoms with Crippen LogP contribution in [0.15, 0.2) is 91.0 Å². The lowest BCUT2D eigenvalue weighted by atomic mass is 9.96. The maximum absolute atomic E-state index is 2.36. The molecule has 0 radical (unpaired) electrons. The van der Waals surface area contributed by atoms with Gasteiger partial charge in [-0.25, -0.2) is 0 Å². The van der Waals surface area contributed by atoms with Crippen LogP contribution in [0.4, 0.5) is 0 Å². The third-order valence-electron chi connectivity index (χ3n) is 5.03. The van der Waals surface area contributed by atoms with E-state index in [4.69, 9.17) is 0 Å². The summed E-state index contributed by atoms with van der Waals surface area (Å²) in [6, 6.07) is 32.9. The van der Waals surface area contributed by atoms with E-state index in [1.807, 2.05) is 11.3 Å². The van der Waals surface area contributed by atoms with Gasteiger partial charge in [0.2, 0.25) is 0 Å². The molecule has 0 aliphatic carbocycles. The molecule has 1 heterocycles. The molecule has 0 unspecified atom stereocenters. The molecule has 1 heteroatoms. The zero-order valence-corrected chi connectivity index (χ0v) is 15.4. The highest BCUT2D eigenvalue weighted by Gasteiger charge is 2.09. The van der Waals surface area contributed by atoms with Gasteiger partial charge in [-0.2, -0.15) is 0 Å². The van der Waals surface area contributed by atoms with E-state index in [-0.39, 0.29) is 0 Å². The number of hydrogen-bond acceptors (Lipinski definition) is 1. The van der Waals surface area contributed by atoms with Crippen LogP contribution in [0.3, 0.4) is 0 Å². The summed E-state index contributed by atoms with van der Waals surface area (Å²) in [5, 5.41) is 2.72. The van der Waals surface area contributed by atoms with E-state index < -0.39 is 0 Å². The van der Waals surface area contributed by atoms with Crippen molar-refractivity contribution in [1.82, 2.24) is 0 Å². The topological polar surface area (TPSA) is 0 Å². The fourth-order valence-electron chi connectivity index (χ4n) is 3.66. The van der Waals surface area contributed by atoms with Crippen molar-refractivity contribution in [3.8, 4) is 22.3 Å². The summed E-state index contributed by atoms with van der Waals surface area (Å²) in [6.07, 6.45) is 0. The Labute approximate surface area is 157 Å². The van der Waals surface area contributed by atoms with Gasteiger partial charge in [-0.3, -0.25) is 0 Å². The lowest BCUT2D eigenvalue weighted by Gasteiger charge is -2.09. The van der Waals surface area contributed by atoms with Gasteiger partial charge >= 0.3 is 0 Å². The first-order chi connectivity index (χ1) is 12.8. The molecule has 5 rings (SSSR count). The van der Waals surface area contributed by atoms with Crippen molar-refractivity contribution in [3.63, 3.8) is 0 Å². The van der Waals surface area contributed by atoms with E-state index in [1.165, 1.54) is 48.0 Å². The van der Waals surface area contributed by atoms with E-state index in [0.29, 0.717) is 0 Å². The number of hydrogen-bond donors (Lipinski definition) is 0. The zero-order chi connectivity index (χ0) is 17.5. The molecule has 26 heavy (non-hydrogen) atoms. The molecule has 0 aliphatic rings. The minimum Gasteiger partial charge on any atom is -0.135 e. The van der Waals surface area contributed by atoms with Gasteiger partial charge in [0.15, 0.2) is 0 Å². The van der Waals surface area contributed by atoms with E-state index in [9.17, 15) is 0 Å². The van der Waals surface area contributed by atoms with Crippen molar-refractivity contribution in [1.29, 1.82) is 0 Å². The number of rotatable bonds is 2. The Morgan fingerprint density at radius 1 is 0.538 bits per heavy atom. The van der Waals surface area contributed by atoms with E-state index in [2.05, 4.69) is 97.9 Å². The van der Waals surface area contributed by atoms with Crippen molar-refractivity contribution in [2.75, 3.05) is 0 Å². The van der Waals surface area contributed by atoms with Crippen molar-refractivity contribution >= 4 is 31.5 Å². The van der Waals surface area contributed by atoms with Crippen LogP contribution < -0.4 is 0 Å². The van der Waals surface area contributed by atoms with Crippen LogP contribution in [0.1, 0.15) is 5.56 Å². The summed E-state index contributed by atoms with van der Waals surface area (Å²) < 4.78 is 2.73. The largest absolute Gasteiger partial charge is 0.135 e. The van der Waals surface area contributed by atoms with Gasteiger partial charge in [-0.1, -0.05) is 72.8 Å². The molecule has 5 aromatic rings. The van der Waals surface area contributed by atoms with Crippen molar-refractivity contribution in [2.45, 2.75) is 6.92 Å². The quantitative estimate of drug-likeness (QED) is 0.306. The minimum absolute atomic E-state index is 1.26. The molecule has 0 spiro atoms. The number of fused-ring (bicyclic) bond motifs is 3. The number of benzene rings is 4. The molecule has 4 aromatic carbocycles. The van der Waals surface area contributed by atoms with E-state index in [0.717, 1.165) is 0 Å². The van der Waals surface area contributed by atoms with Crippen LogP contribution in [-0.4, -0.2) is 0 Å². The molecule has 0 saturated carbocycles. The van der Waals surface area contributed by atoms with Crippen LogP contribution in [-0.2, 0) is 0 Å². The fourth-order valence-corrected chi connectivity index (χ4v) is 4.84. The Morgan fingerprint density at radius 3 is 2.00 bits per heavy atom. The highest BCUT2D eigenvalue weighted by molar-refractivity contribution is 7.25. The summed E-state index contributed by atoms with van der Waals surface area (Å²) in [5.74, 6) is 0. The molecule has 0 amide bonds. The number of aryl methyl sites for hydroxylation is 1. The van der Waals surface area contributed by atoms with Crippen molar-refractivity contribution in [3.05, 3.63) is 96.6 Å². The average Bonchev–Trinajstić information content (AvgIpc) is 3.05. The van der Waals surface area contributed by atoms with Gasteiger partial charge in [0.25, 0.3) is 0 Å². The SMILES string of the molecule is Cc1cc2sc3ccccc3c2cc1-c1ccc(-c2ccccc2)cc1. The molecular weight excluding hydrogens is 332 g/mol. The molecule has 1 aromatic heterocycles. The summed E-state index contributed by atoms with van der Waals surface area (Å²) in [4.78, 5) is 0. The van der Waals surface area contributed by atoms with Crippen LogP contribution >= 0.6 is 11.3 Å². The lowest BCUT2D eigenvalue weighted by Crippen LogP contribution is -1.84. The van der Waals surface area contributed by atoms with Crippen LogP contribution in [0.2, 0.25) is 0 Å². The summed E-state index contributed by atoms with van der Waals surface area (Å²) in [6.45, 7) is 2.21. The van der Waals surface area contributed by atoms with Crippen LogP contribution in [0, 0.1) is 6.92 Å². The lowest BCUT2D eigenvalue weighted by molar-refractivity contribution is 1.49. The standard InChI is InChI=1S/C25H18S/c1-17-15-25-23(21-9-5-6-10-24(21)26-25)16-22(17)20-13-11-19(12-14-20)18-7-3-2-4-8-18/h2-16H,1H3. The van der Waals surface area contributed by atoms with Gasteiger partial charge in [0, 0.05) is 20.2 Å². The second-order valence-electron chi connectivity index (χ2n) is 6.70. The van der Waals surface area contributed by atoms with Gasteiger partial charge in [-0.15, -0.1) is 11.3 Å². The summed E-state index contributed by atoms with van der Waals surface area (Å²) in [5.41, 5.74) is 6.45.